The summed E-state index contributed by atoms with van der Waals surface area (Å²) >= 11 is 0. The fourth-order valence-electron chi connectivity index (χ4n) is 3.40. The first-order valence-electron chi connectivity index (χ1n) is 8.92. The summed E-state index contributed by atoms with van der Waals surface area (Å²) in [6, 6.07) is 8.45. The molecule has 1 amide bonds. The maximum absolute atomic E-state index is 12.8. The highest BCUT2D eigenvalue weighted by atomic mass is 19.4. The minimum atomic E-state index is -4.37. The SMILES string of the molecule is Cc1nn(CC(F)(F)F)c(C)c1[C@H]1COCCN1C(=O)COc1ccccc1. The Labute approximate surface area is 160 Å². The van der Waals surface area contributed by atoms with Crippen molar-refractivity contribution in [1.82, 2.24) is 14.7 Å². The van der Waals surface area contributed by atoms with Crippen LogP contribution in [-0.4, -0.2) is 53.1 Å². The molecule has 0 N–H and O–H groups in total. The lowest BCUT2D eigenvalue weighted by Crippen LogP contribution is -2.45. The molecule has 0 bridgehead atoms. The highest BCUT2D eigenvalue weighted by Gasteiger charge is 2.35. The number of halogens is 3. The second kappa shape index (κ2) is 8.22. The molecule has 0 aliphatic carbocycles. The Balaban J connectivity index is 1.78. The van der Waals surface area contributed by atoms with Gasteiger partial charge in [-0.25, -0.2) is 0 Å². The van der Waals surface area contributed by atoms with E-state index in [1.807, 2.05) is 6.07 Å². The minimum absolute atomic E-state index is 0.157. The van der Waals surface area contributed by atoms with Crippen molar-refractivity contribution in [2.75, 3.05) is 26.4 Å². The summed E-state index contributed by atoms with van der Waals surface area (Å²) in [5.41, 5.74) is 1.43. The first-order chi connectivity index (χ1) is 13.3. The Kier molecular flexibility index (Phi) is 5.93. The van der Waals surface area contributed by atoms with Crippen LogP contribution >= 0.6 is 0 Å². The Hall–Kier alpha value is -2.55. The minimum Gasteiger partial charge on any atom is -0.484 e. The summed E-state index contributed by atoms with van der Waals surface area (Å²) in [5.74, 6) is 0.325. The van der Waals surface area contributed by atoms with Crippen LogP contribution in [0.15, 0.2) is 30.3 Å². The number of rotatable bonds is 5. The summed E-state index contributed by atoms with van der Waals surface area (Å²) in [7, 11) is 0. The van der Waals surface area contributed by atoms with E-state index in [-0.39, 0.29) is 19.1 Å². The number of nitrogens with zero attached hydrogens (tertiary/aromatic N) is 3. The summed E-state index contributed by atoms with van der Waals surface area (Å²) < 4.78 is 50.4. The molecule has 0 spiro atoms. The van der Waals surface area contributed by atoms with Gasteiger partial charge in [0.05, 0.1) is 24.9 Å². The average molecular weight is 397 g/mol. The van der Waals surface area contributed by atoms with Gasteiger partial charge in [-0.2, -0.15) is 18.3 Å². The molecule has 2 heterocycles. The normalized spacial score (nSPS) is 17.6. The van der Waals surface area contributed by atoms with Crippen molar-refractivity contribution < 1.29 is 27.4 Å². The zero-order chi connectivity index (χ0) is 20.3. The molecule has 2 aromatic rings. The molecule has 0 unspecified atom stereocenters. The predicted molar refractivity (Wildman–Crippen MR) is 95.0 cm³/mol. The van der Waals surface area contributed by atoms with Gasteiger partial charge in [0, 0.05) is 17.8 Å². The van der Waals surface area contributed by atoms with Crippen molar-refractivity contribution in [1.29, 1.82) is 0 Å². The maximum atomic E-state index is 12.8. The lowest BCUT2D eigenvalue weighted by Gasteiger charge is -2.36. The summed E-state index contributed by atoms with van der Waals surface area (Å²) in [4.78, 5) is 14.4. The van der Waals surface area contributed by atoms with Crippen LogP contribution in [0.5, 0.6) is 5.75 Å². The fourth-order valence-corrected chi connectivity index (χ4v) is 3.40. The molecule has 1 aromatic carbocycles. The molecule has 152 valence electrons. The molecular weight excluding hydrogens is 375 g/mol. The van der Waals surface area contributed by atoms with Crippen LogP contribution in [0.1, 0.15) is 23.0 Å². The van der Waals surface area contributed by atoms with Crippen LogP contribution in [0.4, 0.5) is 13.2 Å². The number of para-hydroxylation sites is 1. The Morgan fingerprint density at radius 2 is 2.00 bits per heavy atom. The van der Waals surface area contributed by atoms with Crippen molar-refractivity contribution >= 4 is 5.91 Å². The van der Waals surface area contributed by atoms with Gasteiger partial charge >= 0.3 is 6.18 Å². The van der Waals surface area contributed by atoms with Gasteiger partial charge in [0.1, 0.15) is 12.3 Å². The quantitative estimate of drug-likeness (QED) is 0.778. The van der Waals surface area contributed by atoms with Crippen molar-refractivity contribution in [2.24, 2.45) is 0 Å². The number of carbonyl (C=O) groups is 1. The molecule has 28 heavy (non-hydrogen) atoms. The fraction of sp³-hybridized carbons (Fsp3) is 0.474. The number of morpholine rings is 1. The van der Waals surface area contributed by atoms with Crippen LogP contribution in [-0.2, 0) is 16.1 Å². The second-order valence-electron chi connectivity index (χ2n) is 6.64. The molecule has 1 saturated heterocycles. The number of amides is 1. The number of hydrogen-bond donors (Lipinski definition) is 0. The van der Waals surface area contributed by atoms with E-state index in [1.165, 1.54) is 0 Å². The van der Waals surface area contributed by atoms with Gasteiger partial charge in [-0.15, -0.1) is 0 Å². The van der Waals surface area contributed by atoms with Gasteiger partial charge in [-0.3, -0.25) is 9.48 Å². The largest absolute Gasteiger partial charge is 0.484 e. The number of aryl methyl sites for hydroxylation is 1. The molecule has 1 atom stereocenters. The van der Waals surface area contributed by atoms with Crippen LogP contribution < -0.4 is 4.74 Å². The number of alkyl halides is 3. The van der Waals surface area contributed by atoms with E-state index in [1.54, 1.807) is 43.0 Å². The molecule has 3 rings (SSSR count). The average Bonchev–Trinajstić information content (AvgIpc) is 2.92. The molecule has 1 fully saturated rings. The third-order valence-corrected chi connectivity index (χ3v) is 4.65. The number of carbonyl (C=O) groups excluding carboxylic acids is 1. The van der Waals surface area contributed by atoms with Crippen LogP contribution in [0.3, 0.4) is 0 Å². The highest BCUT2D eigenvalue weighted by molar-refractivity contribution is 5.78. The smallest absolute Gasteiger partial charge is 0.408 e. The topological polar surface area (TPSA) is 56.6 Å². The third-order valence-electron chi connectivity index (χ3n) is 4.65. The predicted octanol–water partition coefficient (Wildman–Crippen LogP) is 3.04. The van der Waals surface area contributed by atoms with E-state index in [2.05, 4.69) is 5.10 Å². The molecule has 1 aromatic heterocycles. The van der Waals surface area contributed by atoms with Crippen molar-refractivity contribution in [2.45, 2.75) is 32.6 Å². The number of ether oxygens (including phenoxy) is 2. The van der Waals surface area contributed by atoms with Gasteiger partial charge in [-0.05, 0) is 26.0 Å². The summed E-state index contributed by atoms with van der Waals surface area (Å²) in [6.45, 7) is 2.81. The third kappa shape index (κ3) is 4.64. The Bertz CT molecular complexity index is 821. The first-order valence-corrected chi connectivity index (χ1v) is 8.92. The first kappa shape index (κ1) is 20.2. The van der Waals surface area contributed by atoms with Gasteiger partial charge in [-0.1, -0.05) is 18.2 Å². The van der Waals surface area contributed by atoms with Crippen LogP contribution in [0.25, 0.3) is 0 Å². The van der Waals surface area contributed by atoms with Gasteiger partial charge < -0.3 is 14.4 Å². The molecule has 0 radical (unpaired) electrons. The summed E-state index contributed by atoms with van der Waals surface area (Å²) in [5, 5.41) is 4.03. The van der Waals surface area contributed by atoms with E-state index >= 15 is 0 Å². The van der Waals surface area contributed by atoms with Gasteiger partial charge in [0.2, 0.25) is 0 Å². The monoisotopic (exact) mass is 397 g/mol. The molecule has 0 saturated carbocycles. The van der Waals surface area contributed by atoms with Gasteiger partial charge in [0.25, 0.3) is 5.91 Å². The van der Waals surface area contributed by atoms with E-state index < -0.39 is 18.8 Å². The van der Waals surface area contributed by atoms with Crippen molar-refractivity contribution in [3.63, 3.8) is 0 Å². The highest BCUT2D eigenvalue weighted by Crippen LogP contribution is 2.31. The van der Waals surface area contributed by atoms with Crippen LogP contribution in [0, 0.1) is 13.8 Å². The van der Waals surface area contributed by atoms with E-state index in [4.69, 9.17) is 9.47 Å². The number of benzene rings is 1. The van der Waals surface area contributed by atoms with E-state index in [0.29, 0.717) is 35.9 Å². The number of hydrogen-bond acceptors (Lipinski definition) is 4. The maximum Gasteiger partial charge on any atom is 0.408 e. The van der Waals surface area contributed by atoms with Crippen molar-refractivity contribution in [3.05, 3.63) is 47.3 Å². The molecular formula is C19H22F3N3O3. The zero-order valence-corrected chi connectivity index (χ0v) is 15.7. The molecule has 1 aliphatic heterocycles. The lowest BCUT2D eigenvalue weighted by molar-refractivity contribution is -0.144. The van der Waals surface area contributed by atoms with E-state index in [0.717, 1.165) is 4.68 Å². The Morgan fingerprint density at radius 3 is 2.68 bits per heavy atom. The molecule has 1 aliphatic rings. The molecule has 9 heteroatoms. The standard InChI is InChI=1S/C19H22F3N3O3/c1-13-18(14(2)25(23-13)12-19(20,21)22)16-10-27-9-8-24(16)17(26)11-28-15-6-4-3-5-7-15/h3-7,16H,8-12H2,1-2H3/t16-/m1/s1. The van der Waals surface area contributed by atoms with Crippen molar-refractivity contribution in [3.8, 4) is 5.75 Å². The number of aromatic nitrogens is 2. The summed E-state index contributed by atoms with van der Waals surface area (Å²) in [6.07, 6.45) is -4.37. The van der Waals surface area contributed by atoms with Crippen LogP contribution in [0.2, 0.25) is 0 Å². The lowest BCUT2D eigenvalue weighted by atomic mass is 10.0. The Morgan fingerprint density at radius 1 is 1.29 bits per heavy atom. The van der Waals surface area contributed by atoms with E-state index in [9.17, 15) is 18.0 Å². The van der Waals surface area contributed by atoms with Gasteiger partial charge in [0.15, 0.2) is 6.61 Å². The molecule has 6 nitrogen and oxygen atoms in total. The second-order valence-corrected chi connectivity index (χ2v) is 6.64. The zero-order valence-electron chi connectivity index (χ0n) is 15.7.